The van der Waals surface area contributed by atoms with Crippen LogP contribution in [0, 0.1) is 0 Å². The van der Waals surface area contributed by atoms with Crippen LogP contribution in [0.5, 0.6) is 0 Å². The third-order valence-corrected chi connectivity index (χ3v) is 2.83. The minimum Gasteiger partial charge on any atom is -0.453 e. The summed E-state index contributed by atoms with van der Waals surface area (Å²) in [7, 11) is 0. The first-order valence-corrected chi connectivity index (χ1v) is 5.25. The topological polar surface area (TPSA) is 46.5 Å². The van der Waals surface area contributed by atoms with Gasteiger partial charge in [-0.25, -0.2) is 4.79 Å². The van der Waals surface area contributed by atoms with Crippen LogP contribution in [0.1, 0.15) is 38.1 Å². The zero-order chi connectivity index (χ0) is 12.4. The molecule has 0 aliphatic rings. The van der Waals surface area contributed by atoms with Gasteiger partial charge >= 0.3 is 5.97 Å². The predicted molar refractivity (Wildman–Crippen MR) is 62.2 cm³/mol. The second-order valence-corrected chi connectivity index (χ2v) is 4.82. The van der Waals surface area contributed by atoms with E-state index in [4.69, 9.17) is 4.74 Å². The van der Waals surface area contributed by atoms with E-state index >= 15 is 0 Å². The van der Waals surface area contributed by atoms with Gasteiger partial charge in [0, 0.05) is 0 Å². The van der Waals surface area contributed by atoms with Gasteiger partial charge in [0.1, 0.15) is 5.60 Å². The molecule has 0 aliphatic heterocycles. The molecule has 0 fully saturated rings. The summed E-state index contributed by atoms with van der Waals surface area (Å²) in [5, 5.41) is 9.86. The summed E-state index contributed by atoms with van der Waals surface area (Å²) in [6.45, 7) is 6.61. The SMILES string of the molecule is CC(C)(O)C(C)(C)OC(=O)c1ccccc1. The van der Waals surface area contributed by atoms with Crippen LogP contribution in [0.3, 0.4) is 0 Å². The second-order valence-electron chi connectivity index (χ2n) is 4.82. The molecule has 1 N–H and O–H groups in total. The molecule has 0 aromatic heterocycles. The van der Waals surface area contributed by atoms with Crippen molar-refractivity contribution in [3.63, 3.8) is 0 Å². The zero-order valence-corrected chi connectivity index (χ0v) is 10.2. The number of carbonyl (C=O) groups excluding carboxylic acids is 1. The molecule has 3 heteroatoms. The van der Waals surface area contributed by atoms with Crippen molar-refractivity contribution in [2.45, 2.75) is 38.9 Å². The molecule has 0 spiro atoms. The lowest BCUT2D eigenvalue weighted by Crippen LogP contribution is -2.48. The maximum atomic E-state index is 11.8. The molecule has 1 rings (SSSR count). The van der Waals surface area contributed by atoms with Crippen molar-refractivity contribution in [3.05, 3.63) is 35.9 Å². The first-order valence-electron chi connectivity index (χ1n) is 5.25. The number of benzene rings is 1. The summed E-state index contributed by atoms with van der Waals surface area (Å²) in [5.41, 5.74) is -1.53. The normalized spacial score (nSPS) is 12.3. The van der Waals surface area contributed by atoms with Gasteiger partial charge < -0.3 is 9.84 Å². The largest absolute Gasteiger partial charge is 0.453 e. The number of aliphatic hydroxyl groups is 1. The zero-order valence-electron chi connectivity index (χ0n) is 10.2. The Morgan fingerprint density at radius 1 is 1.12 bits per heavy atom. The maximum Gasteiger partial charge on any atom is 0.338 e. The molecular weight excluding hydrogens is 204 g/mol. The van der Waals surface area contributed by atoms with E-state index in [1.165, 1.54) is 0 Å². The van der Waals surface area contributed by atoms with E-state index in [2.05, 4.69) is 0 Å². The van der Waals surface area contributed by atoms with Gasteiger partial charge in [0.25, 0.3) is 0 Å². The monoisotopic (exact) mass is 222 g/mol. The molecule has 16 heavy (non-hydrogen) atoms. The highest BCUT2D eigenvalue weighted by Crippen LogP contribution is 2.26. The third-order valence-electron chi connectivity index (χ3n) is 2.83. The van der Waals surface area contributed by atoms with Crippen LogP contribution >= 0.6 is 0 Å². The first-order chi connectivity index (χ1) is 7.24. The second kappa shape index (κ2) is 4.26. The summed E-state index contributed by atoms with van der Waals surface area (Å²) in [6, 6.07) is 8.74. The fourth-order valence-corrected chi connectivity index (χ4v) is 0.990. The van der Waals surface area contributed by atoms with Crippen molar-refractivity contribution >= 4 is 5.97 Å². The predicted octanol–water partition coefficient (Wildman–Crippen LogP) is 2.39. The average Bonchev–Trinajstić information content (AvgIpc) is 2.16. The molecule has 3 nitrogen and oxygen atoms in total. The van der Waals surface area contributed by atoms with Gasteiger partial charge in [0.05, 0.1) is 11.2 Å². The highest BCUT2D eigenvalue weighted by molar-refractivity contribution is 5.89. The molecule has 0 amide bonds. The molecule has 0 aliphatic carbocycles. The minimum absolute atomic E-state index is 0.423. The van der Waals surface area contributed by atoms with Crippen molar-refractivity contribution in [1.29, 1.82) is 0 Å². The number of ether oxygens (including phenoxy) is 1. The summed E-state index contributed by atoms with van der Waals surface area (Å²) in [5.74, 6) is -0.423. The van der Waals surface area contributed by atoms with Gasteiger partial charge in [-0.2, -0.15) is 0 Å². The van der Waals surface area contributed by atoms with Gasteiger partial charge in [-0.05, 0) is 39.8 Å². The highest BCUT2D eigenvalue weighted by atomic mass is 16.6. The van der Waals surface area contributed by atoms with E-state index in [-0.39, 0.29) is 0 Å². The number of esters is 1. The van der Waals surface area contributed by atoms with E-state index in [0.29, 0.717) is 5.56 Å². The first kappa shape index (κ1) is 12.7. The molecule has 88 valence electrons. The fraction of sp³-hybridized carbons (Fsp3) is 0.462. The van der Waals surface area contributed by atoms with Crippen molar-refractivity contribution in [2.24, 2.45) is 0 Å². The van der Waals surface area contributed by atoms with Crippen LogP contribution in [-0.4, -0.2) is 22.3 Å². The maximum absolute atomic E-state index is 11.8. The molecule has 0 heterocycles. The smallest absolute Gasteiger partial charge is 0.338 e. The highest BCUT2D eigenvalue weighted by Gasteiger charge is 2.38. The molecule has 0 saturated carbocycles. The van der Waals surface area contributed by atoms with Gasteiger partial charge in [0.15, 0.2) is 0 Å². The third kappa shape index (κ3) is 2.83. The minimum atomic E-state index is -1.09. The Morgan fingerprint density at radius 3 is 2.06 bits per heavy atom. The lowest BCUT2D eigenvalue weighted by molar-refractivity contribution is -0.116. The molecule has 0 unspecified atom stereocenters. The molecule has 0 saturated heterocycles. The van der Waals surface area contributed by atoms with Crippen LogP contribution in [0.2, 0.25) is 0 Å². The Balaban J connectivity index is 2.80. The van der Waals surface area contributed by atoms with Gasteiger partial charge in [-0.1, -0.05) is 18.2 Å². The number of hydrogen-bond donors (Lipinski definition) is 1. The Morgan fingerprint density at radius 2 is 1.62 bits per heavy atom. The van der Waals surface area contributed by atoms with E-state index in [1.54, 1.807) is 52.0 Å². The average molecular weight is 222 g/mol. The molecular formula is C13H18O3. The molecule has 1 aromatic rings. The Kier molecular flexibility index (Phi) is 3.38. The Bertz CT molecular complexity index is 361. The number of hydrogen-bond acceptors (Lipinski definition) is 3. The molecule has 0 atom stereocenters. The lowest BCUT2D eigenvalue weighted by Gasteiger charge is -2.36. The molecule has 1 aromatic carbocycles. The van der Waals surface area contributed by atoms with Crippen LogP contribution in [0.25, 0.3) is 0 Å². The van der Waals surface area contributed by atoms with E-state index in [1.807, 2.05) is 6.07 Å². The van der Waals surface area contributed by atoms with Crippen molar-refractivity contribution < 1.29 is 14.6 Å². The standard InChI is InChI=1S/C13H18O3/c1-12(2,15)13(3,4)16-11(14)10-8-6-5-7-9-10/h5-9,15H,1-4H3. The van der Waals surface area contributed by atoms with Gasteiger partial charge in [-0.15, -0.1) is 0 Å². The summed E-state index contributed by atoms with van der Waals surface area (Å²) < 4.78 is 5.30. The van der Waals surface area contributed by atoms with Crippen LogP contribution in [0.15, 0.2) is 30.3 Å². The van der Waals surface area contributed by atoms with Crippen LogP contribution in [-0.2, 0) is 4.74 Å². The van der Waals surface area contributed by atoms with Crippen molar-refractivity contribution in [2.75, 3.05) is 0 Å². The van der Waals surface area contributed by atoms with E-state index < -0.39 is 17.2 Å². The summed E-state index contributed by atoms with van der Waals surface area (Å²) >= 11 is 0. The Labute approximate surface area is 96.1 Å². The quantitative estimate of drug-likeness (QED) is 0.799. The molecule has 0 bridgehead atoms. The van der Waals surface area contributed by atoms with E-state index in [9.17, 15) is 9.90 Å². The van der Waals surface area contributed by atoms with Crippen molar-refractivity contribution in [1.82, 2.24) is 0 Å². The van der Waals surface area contributed by atoms with Crippen LogP contribution < -0.4 is 0 Å². The van der Waals surface area contributed by atoms with Gasteiger partial charge in [0.2, 0.25) is 0 Å². The molecule has 0 radical (unpaired) electrons. The van der Waals surface area contributed by atoms with E-state index in [0.717, 1.165) is 0 Å². The van der Waals surface area contributed by atoms with Crippen molar-refractivity contribution in [3.8, 4) is 0 Å². The van der Waals surface area contributed by atoms with Crippen LogP contribution in [0.4, 0.5) is 0 Å². The van der Waals surface area contributed by atoms with Gasteiger partial charge in [-0.3, -0.25) is 0 Å². The number of carbonyl (C=O) groups is 1. The summed E-state index contributed by atoms with van der Waals surface area (Å²) in [6.07, 6.45) is 0. The summed E-state index contributed by atoms with van der Waals surface area (Å²) in [4.78, 5) is 11.8. The Hall–Kier alpha value is -1.35. The lowest BCUT2D eigenvalue weighted by atomic mass is 9.89. The fourth-order valence-electron chi connectivity index (χ4n) is 0.990. The number of rotatable bonds is 3.